The molecule has 35 heavy (non-hydrogen) atoms. The van der Waals surface area contributed by atoms with Crippen molar-refractivity contribution in [3.05, 3.63) is 80.7 Å². The standard InChI is InChI=1S/C24H21N5O5S/c1-33-21-8-6-15(10-22(21)34-2)20-12-18(23-4-3-9-35-23)26-28(20)24(30)14-27-19-11-17(29(31)32)7-5-16(19)13-25-27/h3-11,13,20H,12,14H2,1-2H3/t20-/m0/s1. The molecule has 0 N–H and O–H groups in total. The summed E-state index contributed by atoms with van der Waals surface area (Å²) >= 11 is 1.56. The molecule has 0 aliphatic carbocycles. The Morgan fingerprint density at radius 1 is 1.17 bits per heavy atom. The van der Waals surface area contributed by atoms with Gasteiger partial charge in [0.05, 0.1) is 47.5 Å². The predicted octanol–water partition coefficient (Wildman–Crippen LogP) is 4.40. The number of nitro benzene ring substituents is 1. The van der Waals surface area contributed by atoms with E-state index in [4.69, 9.17) is 9.47 Å². The normalized spacial score (nSPS) is 15.3. The van der Waals surface area contributed by atoms with Crippen molar-refractivity contribution < 1.29 is 19.2 Å². The summed E-state index contributed by atoms with van der Waals surface area (Å²) in [5.41, 5.74) is 2.12. The Labute approximate surface area is 204 Å². The first-order valence-electron chi connectivity index (χ1n) is 10.7. The first-order chi connectivity index (χ1) is 17.0. The SMILES string of the molecule is COc1ccc([C@@H]2CC(c3cccs3)=NN2C(=O)Cn2ncc3ccc([N+](=O)[O-])cc32)cc1OC. The number of rotatable bonds is 7. The van der Waals surface area contributed by atoms with Gasteiger partial charge < -0.3 is 9.47 Å². The number of carbonyl (C=O) groups is 1. The maximum Gasteiger partial charge on any atom is 0.271 e. The Morgan fingerprint density at radius 3 is 2.71 bits per heavy atom. The van der Waals surface area contributed by atoms with Crippen LogP contribution in [-0.4, -0.2) is 45.6 Å². The number of nitro groups is 1. The van der Waals surface area contributed by atoms with Gasteiger partial charge in [-0.3, -0.25) is 19.6 Å². The van der Waals surface area contributed by atoms with Crippen LogP contribution in [0.3, 0.4) is 0 Å². The number of nitrogens with zero attached hydrogens (tertiary/aromatic N) is 5. The van der Waals surface area contributed by atoms with Crippen molar-refractivity contribution >= 4 is 39.5 Å². The van der Waals surface area contributed by atoms with Crippen molar-refractivity contribution in [2.24, 2.45) is 5.10 Å². The number of non-ortho nitro benzene ring substituents is 1. The fourth-order valence-electron chi connectivity index (χ4n) is 4.15. The number of fused-ring (bicyclic) bond motifs is 1. The number of benzene rings is 2. The Balaban J connectivity index is 1.49. The van der Waals surface area contributed by atoms with Crippen LogP contribution in [0.2, 0.25) is 0 Å². The molecule has 1 atom stereocenters. The lowest BCUT2D eigenvalue weighted by molar-refractivity contribution is -0.384. The van der Waals surface area contributed by atoms with Crippen LogP contribution in [0, 0.1) is 10.1 Å². The van der Waals surface area contributed by atoms with Crippen LogP contribution in [-0.2, 0) is 11.3 Å². The molecule has 4 aromatic rings. The van der Waals surface area contributed by atoms with Crippen molar-refractivity contribution in [3.8, 4) is 11.5 Å². The van der Waals surface area contributed by atoms with Gasteiger partial charge in [-0.25, -0.2) is 5.01 Å². The molecule has 0 saturated carbocycles. The summed E-state index contributed by atoms with van der Waals surface area (Å²) in [6.45, 7) is -0.115. The van der Waals surface area contributed by atoms with E-state index in [1.54, 1.807) is 43.9 Å². The third-order valence-electron chi connectivity index (χ3n) is 5.89. The molecule has 3 heterocycles. The second kappa shape index (κ2) is 9.18. The van der Waals surface area contributed by atoms with Gasteiger partial charge in [0.25, 0.3) is 11.6 Å². The molecular weight excluding hydrogens is 470 g/mol. The van der Waals surface area contributed by atoms with Gasteiger partial charge in [0.1, 0.15) is 6.54 Å². The summed E-state index contributed by atoms with van der Waals surface area (Å²) in [6, 6.07) is 13.6. The molecule has 0 saturated heterocycles. The van der Waals surface area contributed by atoms with Crippen LogP contribution in [0.5, 0.6) is 11.5 Å². The minimum absolute atomic E-state index is 0.0610. The highest BCUT2D eigenvalue weighted by Crippen LogP contribution is 2.38. The summed E-state index contributed by atoms with van der Waals surface area (Å²) in [7, 11) is 3.13. The molecule has 0 bridgehead atoms. The number of hydrogen-bond donors (Lipinski definition) is 0. The molecule has 2 aromatic carbocycles. The zero-order valence-corrected chi connectivity index (χ0v) is 19.8. The second-order valence-corrected chi connectivity index (χ2v) is 8.85. The molecule has 0 unspecified atom stereocenters. The third-order valence-corrected chi connectivity index (χ3v) is 6.81. The van der Waals surface area contributed by atoms with E-state index in [-0.39, 0.29) is 24.2 Å². The number of carbonyl (C=O) groups excluding carboxylic acids is 1. The van der Waals surface area contributed by atoms with Crippen LogP contribution in [0.25, 0.3) is 10.9 Å². The van der Waals surface area contributed by atoms with Crippen molar-refractivity contribution in [1.82, 2.24) is 14.8 Å². The van der Waals surface area contributed by atoms with Crippen LogP contribution < -0.4 is 9.47 Å². The van der Waals surface area contributed by atoms with E-state index >= 15 is 0 Å². The van der Waals surface area contributed by atoms with Crippen molar-refractivity contribution in [2.45, 2.75) is 19.0 Å². The predicted molar refractivity (Wildman–Crippen MR) is 131 cm³/mol. The zero-order chi connectivity index (χ0) is 24.5. The van der Waals surface area contributed by atoms with Gasteiger partial charge >= 0.3 is 0 Å². The smallest absolute Gasteiger partial charge is 0.271 e. The lowest BCUT2D eigenvalue weighted by Gasteiger charge is -2.23. The minimum atomic E-state index is -0.468. The fraction of sp³-hybridized carbons (Fsp3) is 0.208. The number of hydrazone groups is 1. The van der Waals surface area contributed by atoms with E-state index in [2.05, 4.69) is 10.2 Å². The topological polar surface area (TPSA) is 112 Å². The highest BCUT2D eigenvalue weighted by Gasteiger charge is 2.34. The van der Waals surface area contributed by atoms with Crippen molar-refractivity contribution in [3.63, 3.8) is 0 Å². The summed E-state index contributed by atoms with van der Waals surface area (Å²) in [5, 5.41) is 24.3. The average molecular weight is 492 g/mol. The van der Waals surface area contributed by atoms with Crippen LogP contribution in [0.1, 0.15) is 22.9 Å². The molecule has 5 rings (SSSR count). The first-order valence-corrected chi connectivity index (χ1v) is 11.6. The molecule has 1 amide bonds. The van der Waals surface area contributed by atoms with E-state index in [0.29, 0.717) is 28.8 Å². The second-order valence-electron chi connectivity index (χ2n) is 7.90. The molecule has 1 aliphatic heterocycles. The molecular formula is C24H21N5O5S. The Kier molecular flexibility index (Phi) is 5.91. The summed E-state index contributed by atoms with van der Waals surface area (Å²) in [6.07, 6.45) is 2.12. The number of aromatic nitrogens is 2. The van der Waals surface area contributed by atoms with Gasteiger partial charge in [-0.2, -0.15) is 10.2 Å². The zero-order valence-electron chi connectivity index (χ0n) is 19.0. The average Bonchev–Trinajstić information content (AvgIpc) is 3.63. The maximum atomic E-state index is 13.5. The Morgan fingerprint density at radius 2 is 2.00 bits per heavy atom. The van der Waals surface area contributed by atoms with Crippen molar-refractivity contribution in [2.75, 3.05) is 14.2 Å². The highest BCUT2D eigenvalue weighted by molar-refractivity contribution is 7.12. The summed E-state index contributed by atoms with van der Waals surface area (Å²) in [5.74, 6) is 0.872. The first kappa shape index (κ1) is 22.5. The number of hydrogen-bond acceptors (Lipinski definition) is 8. The molecule has 0 spiro atoms. The van der Waals surface area contributed by atoms with Gasteiger partial charge in [-0.15, -0.1) is 11.3 Å². The quantitative estimate of drug-likeness (QED) is 0.280. The largest absolute Gasteiger partial charge is 0.493 e. The lowest BCUT2D eigenvalue weighted by Crippen LogP contribution is -2.30. The molecule has 10 nitrogen and oxygen atoms in total. The van der Waals surface area contributed by atoms with E-state index in [0.717, 1.165) is 16.2 Å². The monoisotopic (exact) mass is 491 g/mol. The third kappa shape index (κ3) is 4.21. The van der Waals surface area contributed by atoms with Gasteiger partial charge in [-0.05, 0) is 35.2 Å². The molecule has 11 heteroatoms. The molecule has 178 valence electrons. The van der Waals surface area contributed by atoms with Gasteiger partial charge in [-0.1, -0.05) is 12.1 Å². The Bertz CT molecular complexity index is 1450. The molecule has 0 radical (unpaired) electrons. The van der Waals surface area contributed by atoms with E-state index in [1.807, 2.05) is 29.6 Å². The van der Waals surface area contributed by atoms with Gasteiger partial charge in [0, 0.05) is 23.9 Å². The van der Waals surface area contributed by atoms with Gasteiger partial charge in [0.15, 0.2) is 11.5 Å². The van der Waals surface area contributed by atoms with Crippen LogP contribution in [0.4, 0.5) is 5.69 Å². The van der Waals surface area contributed by atoms with E-state index in [9.17, 15) is 14.9 Å². The van der Waals surface area contributed by atoms with E-state index < -0.39 is 4.92 Å². The Hall–Kier alpha value is -4.25. The van der Waals surface area contributed by atoms with Crippen molar-refractivity contribution in [1.29, 1.82) is 0 Å². The number of amides is 1. The summed E-state index contributed by atoms with van der Waals surface area (Å²) in [4.78, 5) is 25.3. The van der Waals surface area contributed by atoms with Crippen LogP contribution in [0.15, 0.2) is 65.2 Å². The molecule has 0 fully saturated rings. The lowest BCUT2D eigenvalue weighted by atomic mass is 10.0. The van der Waals surface area contributed by atoms with Gasteiger partial charge in [0.2, 0.25) is 0 Å². The number of ether oxygens (including phenoxy) is 2. The number of methoxy groups -OCH3 is 2. The molecule has 1 aliphatic rings. The van der Waals surface area contributed by atoms with Crippen LogP contribution >= 0.6 is 11.3 Å². The summed E-state index contributed by atoms with van der Waals surface area (Å²) < 4.78 is 12.3. The fourth-order valence-corrected chi connectivity index (χ4v) is 4.87. The molecule has 2 aromatic heterocycles. The minimum Gasteiger partial charge on any atom is -0.493 e. The van der Waals surface area contributed by atoms with E-state index in [1.165, 1.54) is 21.8 Å². The highest BCUT2D eigenvalue weighted by atomic mass is 32.1. The number of thiophene rings is 1. The maximum absolute atomic E-state index is 13.5.